The number of rotatable bonds is 4. The molecule has 27 heavy (non-hydrogen) atoms. The molecule has 3 aromatic rings. The summed E-state index contributed by atoms with van der Waals surface area (Å²) in [6.07, 6.45) is 8.13. The maximum atomic E-state index is 11.1. The number of hydrogen-bond donors (Lipinski definition) is 2. The van der Waals surface area contributed by atoms with E-state index < -0.39 is 0 Å². The minimum Gasteiger partial charge on any atom is -0.360 e. The van der Waals surface area contributed by atoms with E-state index >= 15 is 0 Å². The molecule has 0 aromatic carbocycles. The molecule has 4 rings (SSSR count). The van der Waals surface area contributed by atoms with Gasteiger partial charge in [-0.15, -0.1) is 11.3 Å². The zero-order chi connectivity index (χ0) is 19.2. The minimum absolute atomic E-state index is 0.0772. The fourth-order valence-electron chi connectivity index (χ4n) is 3.58. The Bertz CT molecular complexity index is 887. The highest BCUT2D eigenvalue weighted by Gasteiger charge is 2.23. The molecule has 1 amide bonds. The molecule has 1 atom stereocenters. The van der Waals surface area contributed by atoms with Gasteiger partial charge in [-0.1, -0.05) is 13.8 Å². The Morgan fingerprint density at radius 1 is 1.37 bits per heavy atom. The summed E-state index contributed by atoms with van der Waals surface area (Å²) in [4.78, 5) is 26.8. The topological polar surface area (TPSA) is 73.9 Å². The number of piperidine rings is 1. The van der Waals surface area contributed by atoms with Gasteiger partial charge in [-0.2, -0.15) is 0 Å². The van der Waals surface area contributed by atoms with Crippen LogP contribution in [0.15, 0.2) is 30.7 Å². The Morgan fingerprint density at radius 2 is 2.22 bits per heavy atom. The van der Waals surface area contributed by atoms with Gasteiger partial charge >= 0.3 is 0 Å². The van der Waals surface area contributed by atoms with Gasteiger partial charge in [0.2, 0.25) is 5.91 Å². The van der Waals surface area contributed by atoms with E-state index in [2.05, 4.69) is 31.2 Å². The van der Waals surface area contributed by atoms with Crippen molar-refractivity contribution >= 4 is 33.4 Å². The molecule has 6 nitrogen and oxygen atoms in total. The highest BCUT2D eigenvalue weighted by atomic mass is 32.1. The number of fused-ring (bicyclic) bond motifs is 1. The lowest BCUT2D eigenvalue weighted by Crippen LogP contribution is -2.33. The van der Waals surface area contributed by atoms with Gasteiger partial charge in [0.25, 0.3) is 0 Å². The predicted octanol–water partition coefficient (Wildman–Crippen LogP) is 4.38. The van der Waals surface area contributed by atoms with E-state index in [9.17, 15) is 4.79 Å². The molecule has 4 heterocycles. The van der Waals surface area contributed by atoms with Gasteiger partial charge in [-0.05, 0) is 43.0 Å². The van der Waals surface area contributed by atoms with Gasteiger partial charge in [0.05, 0.1) is 11.0 Å². The number of nitrogens with one attached hydrogen (secondary N) is 2. The van der Waals surface area contributed by atoms with Crippen LogP contribution in [0.2, 0.25) is 0 Å². The van der Waals surface area contributed by atoms with Crippen molar-refractivity contribution in [2.75, 3.05) is 18.4 Å². The first-order valence-corrected chi connectivity index (χ1v) is 10.4. The number of likely N-dealkylation sites (tertiary alicyclic amines) is 1. The number of aromatic nitrogens is 3. The summed E-state index contributed by atoms with van der Waals surface area (Å²) < 4.78 is 0. The lowest BCUT2D eigenvalue weighted by molar-refractivity contribution is -0.114. The maximum absolute atomic E-state index is 11.1. The van der Waals surface area contributed by atoms with Crippen LogP contribution in [-0.2, 0) is 11.3 Å². The SMILES string of the molecule is CC.CC(=O)Nc1ncc(CN2CCCC(c3ccnc4cc[nH]c34)C2)s1. The number of hydrogen-bond acceptors (Lipinski definition) is 5. The molecule has 1 fully saturated rings. The van der Waals surface area contributed by atoms with Crippen molar-refractivity contribution in [3.8, 4) is 0 Å². The zero-order valence-corrected chi connectivity index (χ0v) is 17.0. The monoisotopic (exact) mass is 385 g/mol. The number of H-pyrrole nitrogens is 1. The van der Waals surface area contributed by atoms with Crippen LogP contribution >= 0.6 is 11.3 Å². The van der Waals surface area contributed by atoms with Crippen LogP contribution in [-0.4, -0.2) is 38.8 Å². The molecule has 1 aliphatic rings. The Labute approximate surface area is 164 Å². The molecule has 0 aliphatic carbocycles. The molecule has 1 unspecified atom stereocenters. The van der Waals surface area contributed by atoms with Gasteiger partial charge in [-0.3, -0.25) is 14.7 Å². The second-order valence-electron chi connectivity index (χ2n) is 6.53. The summed E-state index contributed by atoms with van der Waals surface area (Å²) in [5, 5.41) is 3.43. The van der Waals surface area contributed by atoms with Gasteiger partial charge in [0, 0.05) is 43.5 Å². The summed E-state index contributed by atoms with van der Waals surface area (Å²) in [5.41, 5.74) is 3.57. The number of carbonyl (C=O) groups is 1. The quantitative estimate of drug-likeness (QED) is 0.699. The number of anilines is 1. The molecule has 1 aliphatic heterocycles. The molecule has 0 bridgehead atoms. The first kappa shape index (κ1) is 19.5. The summed E-state index contributed by atoms with van der Waals surface area (Å²) in [6, 6.07) is 4.18. The average molecular weight is 386 g/mol. The molecule has 1 saturated heterocycles. The molecule has 7 heteroatoms. The van der Waals surface area contributed by atoms with Crippen molar-refractivity contribution in [3.63, 3.8) is 0 Å². The normalized spacial score (nSPS) is 17.4. The van der Waals surface area contributed by atoms with Crippen molar-refractivity contribution < 1.29 is 4.79 Å². The second-order valence-corrected chi connectivity index (χ2v) is 7.64. The smallest absolute Gasteiger partial charge is 0.223 e. The zero-order valence-electron chi connectivity index (χ0n) is 16.2. The van der Waals surface area contributed by atoms with Crippen LogP contribution in [0.5, 0.6) is 0 Å². The first-order valence-electron chi connectivity index (χ1n) is 9.55. The van der Waals surface area contributed by atoms with E-state index in [1.807, 2.05) is 38.5 Å². The van der Waals surface area contributed by atoms with Crippen LogP contribution < -0.4 is 5.32 Å². The van der Waals surface area contributed by atoms with Crippen LogP contribution in [0.4, 0.5) is 5.13 Å². The minimum atomic E-state index is -0.0772. The van der Waals surface area contributed by atoms with Gasteiger partial charge < -0.3 is 10.3 Å². The highest BCUT2D eigenvalue weighted by Crippen LogP contribution is 2.32. The molecule has 2 N–H and O–H groups in total. The Kier molecular flexibility index (Phi) is 6.58. The number of amides is 1. The van der Waals surface area contributed by atoms with E-state index in [4.69, 9.17) is 0 Å². The lowest BCUT2D eigenvalue weighted by atomic mass is 9.90. The van der Waals surface area contributed by atoms with Crippen molar-refractivity contribution in [2.24, 2.45) is 0 Å². The van der Waals surface area contributed by atoms with Crippen LogP contribution in [0.25, 0.3) is 11.0 Å². The van der Waals surface area contributed by atoms with E-state index in [1.54, 1.807) is 11.3 Å². The fourth-order valence-corrected chi connectivity index (χ4v) is 4.48. The van der Waals surface area contributed by atoms with Gasteiger partial charge in [0.1, 0.15) is 0 Å². The van der Waals surface area contributed by atoms with Crippen molar-refractivity contribution in [1.29, 1.82) is 0 Å². The van der Waals surface area contributed by atoms with E-state index in [0.29, 0.717) is 11.0 Å². The largest absolute Gasteiger partial charge is 0.360 e. The number of nitrogens with zero attached hydrogens (tertiary/aromatic N) is 3. The lowest BCUT2D eigenvalue weighted by Gasteiger charge is -2.32. The van der Waals surface area contributed by atoms with E-state index in [-0.39, 0.29) is 5.91 Å². The third kappa shape index (κ3) is 4.73. The number of thiazole rings is 1. The summed E-state index contributed by atoms with van der Waals surface area (Å²) in [5.74, 6) is 0.437. The van der Waals surface area contributed by atoms with Gasteiger partial charge in [-0.25, -0.2) is 4.98 Å². The third-order valence-corrected chi connectivity index (χ3v) is 5.54. The molecular weight excluding hydrogens is 358 g/mol. The molecule has 0 spiro atoms. The first-order chi connectivity index (χ1) is 13.2. The van der Waals surface area contributed by atoms with E-state index in [0.717, 1.165) is 25.2 Å². The van der Waals surface area contributed by atoms with Crippen molar-refractivity contribution in [1.82, 2.24) is 19.9 Å². The molecule has 3 aromatic heterocycles. The van der Waals surface area contributed by atoms with Crippen molar-refractivity contribution in [3.05, 3.63) is 41.2 Å². The molecular formula is C20H27N5OS. The van der Waals surface area contributed by atoms with Crippen LogP contribution in [0.1, 0.15) is 50.0 Å². The van der Waals surface area contributed by atoms with E-state index in [1.165, 1.54) is 35.7 Å². The summed E-state index contributed by atoms with van der Waals surface area (Å²) in [6.45, 7) is 8.52. The predicted molar refractivity (Wildman–Crippen MR) is 111 cm³/mol. The van der Waals surface area contributed by atoms with Crippen molar-refractivity contribution in [2.45, 2.75) is 46.1 Å². The second kappa shape index (κ2) is 9.10. The Hall–Kier alpha value is -2.25. The standard InChI is InChI=1S/C18H21N5OS.C2H6/c1-12(24)22-18-21-9-14(25-18)11-23-8-2-3-13(10-23)15-4-6-19-16-5-7-20-17(15)16;1-2/h4-7,9,13,20H,2-3,8,10-11H2,1H3,(H,21,22,24);1-2H3. The fraction of sp³-hybridized carbons (Fsp3) is 0.450. The number of aromatic amines is 1. The average Bonchev–Trinajstić information content (AvgIpc) is 3.32. The summed E-state index contributed by atoms with van der Waals surface area (Å²) in [7, 11) is 0. The highest BCUT2D eigenvalue weighted by molar-refractivity contribution is 7.15. The Morgan fingerprint density at radius 3 is 3.04 bits per heavy atom. The number of carbonyl (C=O) groups excluding carboxylic acids is 1. The Balaban J connectivity index is 0.00000102. The molecule has 0 radical (unpaired) electrons. The number of pyridine rings is 1. The molecule has 144 valence electrons. The molecule has 0 saturated carbocycles. The summed E-state index contributed by atoms with van der Waals surface area (Å²) >= 11 is 1.55. The van der Waals surface area contributed by atoms with Gasteiger partial charge in [0.15, 0.2) is 5.13 Å². The maximum Gasteiger partial charge on any atom is 0.223 e. The van der Waals surface area contributed by atoms with Crippen LogP contribution in [0.3, 0.4) is 0 Å². The third-order valence-electron chi connectivity index (χ3n) is 4.64. The van der Waals surface area contributed by atoms with Crippen LogP contribution in [0, 0.1) is 0 Å².